The topological polar surface area (TPSA) is 46.1 Å². The van der Waals surface area contributed by atoms with Crippen LogP contribution in [0.5, 0.6) is 0 Å². The highest BCUT2D eigenvalue weighted by Gasteiger charge is 2.30. The lowest BCUT2D eigenvalue weighted by Gasteiger charge is -2.37. The number of ether oxygens (including phenoxy) is 2. The second-order valence-electron chi connectivity index (χ2n) is 8.20. The molecule has 0 aliphatic carbocycles. The molecule has 2 fully saturated rings. The zero-order chi connectivity index (χ0) is 16.9. The molecule has 6 heteroatoms. The molecular formula is C18H36IN3O2. The first-order valence-corrected chi connectivity index (χ1v) is 9.10. The zero-order valence-corrected chi connectivity index (χ0v) is 18.4. The molecular weight excluding hydrogens is 417 g/mol. The Balaban J connectivity index is 0.00000288. The minimum atomic E-state index is -0.0531. The van der Waals surface area contributed by atoms with Crippen LogP contribution in [0.1, 0.15) is 53.9 Å². The van der Waals surface area contributed by atoms with Crippen molar-refractivity contribution in [2.75, 3.05) is 39.4 Å². The molecule has 2 saturated heterocycles. The minimum absolute atomic E-state index is 0. The lowest BCUT2D eigenvalue weighted by atomic mass is 9.90. The van der Waals surface area contributed by atoms with Gasteiger partial charge in [-0.15, -0.1) is 24.0 Å². The summed E-state index contributed by atoms with van der Waals surface area (Å²) in [7, 11) is 0. The molecule has 0 aromatic carbocycles. The third-order valence-electron chi connectivity index (χ3n) is 4.51. The first-order chi connectivity index (χ1) is 10.8. The quantitative estimate of drug-likeness (QED) is 0.403. The van der Waals surface area contributed by atoms with Crippen molar-refractivity contribution in [3.8, 4) is 0 Å². The van der Waals surface area contributed by atoms with Crippen molar-refractivity contribution in [2.45, 2.75) is 65.6 Å². The second-order valence-corrected chi connectivity index (χ2v) is 8.20. The maximum atomic E-state index is 6.12. The van der Waals surface area contributed by atoms with Gasteiger partial charge in [0.25, 0.3) is 0 Å². The van der Waals surface area contributed by atoms with Crippen molar-refractivity contribution >= 4 is 29.9 Å². The van der Waals surface area contributed by atoms with Crippen LogP contribution in [0.25, 0.3) is 0 Å². The lowest BCUT2D eigenvalue weighted by molar-refractivity contribution is -0.0772. The maximum Gasteiger partial charge on any atom is 0.193 e. The summed E-state index contributed by atoms with van der Waals surface area (Å²) < 4.78 is 11.7. The van der Waals surface area contributed by atoms with Gasteiger partial charge in [0.2, 0.25) is 0 Å². The fourth-order valence-electron chi connectivity index (χ4n) is 3.21. The van der Waals surface area contributed by atoms with Gasteiger partial charge < -0.3 is 19.7 Å². The van der Waals surface area contributed by atoms with Crippen molar-refractivity contribution < 1.29 is 9.47 Å². The molecule has 2 rings (SSSR count). The summed E-state index contributed by atoms with van der Waals surface area (Å²) in [6, 6.07) is 0. The zero-order valence-electron chi connectivity index (χ0n) is 16.1. The molecule has 1 unspecified atom stereocenters. The van der Waals surface area contributed by atoms with E-state index in [1.165, 1.54) is 0 Å². The number of aliphatic imine (C=N–C) groups is 1. The first-order valence-electron chi connectivity index (χ1n) is 9.10. The van der Waals surface area contributed by atoms with Gasteiger partial charge in [0.05, 0.1) is 24.9 Å². The number of likely N-dealkylation sites (tertiary alicyclic amines) is 1. The van der Waals surface area contributed by atoms with E-state index >= 15 is 0 Å². The van der Waals surface area contributed by atoms with Gasteiger partial charge in [0.15, 0.2) is 5.96 Å². The van der Waals surface area contributed by atoms with E-state index in [4.69, 9.17) is 14.5 Å². The molecule has 24 heavy (non-hydrogen) atoms. The number of hydrogen-bond donors (Lipinski definition) is 1. The average Bonchev–Trinajstić information content (AvgIpc) is 2.90. The van der Waals surface area contributed by atoms with Crippen molar-refractivity contribution in [1.82, 2.24) is 10.2 Å². The van der Waals surface area contributed by atoms with Crippen LogP contribution >= 0.6 is 24.0 Å². The Morgan fingerprint density at radius 2 is 2.00 bits per heavy atom. The summed E-state index contributed by atoms with van der Waals surface area (Å²) in [5.74, 6) is 1.05. The van der Waals surface area contributed by atoms with Gasteiger partial charge in [-0.25, -0.2) is 0 Å². The highest BCUT2D eigenvalue weighted by molar-refractivity contribution is 14.0. The van der Waals surface area contributed by atoms with E-state index < -0.39 is 0 Å². The molecule has 0 spiro atoms. The molecule has 5 nitrogen and oxygen atoms in total. The van der Waals surface area contributed by atoms with Crippen LogP contribution in [-0.2, 0) is 9.47 Å². The van der Waals surface area contributed by atoms with Crippen molar-refractivity contribution in [2.24, 2.45) is 10.4 Å². The van der Waals surface area contributed by atoms with Crippen molar-refractivity contribution in [3.63, 3.8) is 0 Å². The lowest BCUT2D eigenvalue weighted by Crippen LogP contribution is -2.48. The van der Waals surface area contributed by atoms with Crippen LogP contribution in [0.15, 0.2) is 4.99 Å². The maximum absolute atomic E-state index is 6.12. The fourth-order valence-corrected chi connectivity index (χ4v) is 3.21. The molecule has 1 N–H and O–H groups in total. The van der Waals surface area contributed by atoms with E-state index in [0.29, 0.717) is 6.10 Å². The Kier molecular flexibility index (Phi) is 8.76. The predicted molar refractivity (Wildman–Crippen MR) is 110 cm³/mol. The van der Waals surface area contributed by atoms with Gasteiger partial charge in [-0.1, -0.05) is 6.92 Å². The smallest absolute Gasteiger partial charge is 0.193 e. The number of nitrogens with one attached hydrogen (secondary N) is 1. The predicted octanol–water partition coefficient (Wildman–Crippen LogP) is 3.28. The van der Waals surface area contributed by atoms with Crippen LogP contribution in [0, 0.1) is 5.41 Å². The summed E-state index contributed by atoms with van der Waals surface area (Å²) in [4.78, 5) is 7.28. The van der Waals surface area contributed by atoms with Crippen LogP contribution in [0.3, 0.4) is 0 Å². The van der Waals surface area contributed by atoms with Crippen molar-refractivity contribution in [1.29, 1.82) is 0 Å². The highest BCUT2D eigenvalue weighted by atomic mass is 127. The molecule has 0 aromatic rings. The molecule has 142 valence electrons. The molecule has 0 radical (unpaired) electrons. The third-order valence-corrected chi connectivity index (χ3v) is 4.51. The number of halogens is 1. The van der Waals surface area contributed by atoms with Gasteiger partial charge in [0.1, 0.15) is 0 Å². The third kappa shape index (κ3) is 7.04. The van der Waals surface area contributed by atoms with Crippen LogP contribution < -0.4 is 5.32 Å². The van der Waals surface area contributed by atoms with Gasteiger partial charge in [0, 0.05) is 31.7 Å². The Labute approximate surface area is 165 Å². The number of piperidine rings is 1. The molecule has 0 bridgehead atoms. The molecule has 2 heterocycles. The molecule has 1 atom stereocenters. The molecule has 2 aliphatic heterocycles. The molecule has 0 aromatic heterocycles. The SMILES string of the molecule is CCNC(=NCC1(C)CCOC1)N1CCC(OC(C)(C)C)CC1.I. The Morgan fingerprint density at radius 1 is 1.33 bits per heavy atom. The Bertz CT molecular complexity index is 396. The molecule has 0 amide bonds. The number of hydrogen-bond acceptors (Lipinski definition) is 3. The summed E-state index contributed by atoms with van der Waals surface area (Å²) in [6.45, 7) is 16.3. The summed E-state index contributed by atoms with van der Waals surface area (Å²) >= 11 is 0. The van der Waals surface area contributed by atoms with Gasteiger partial charge in [-0.05, 0) is 47.0 Å². The van der Waals surface area contributed by atoms with Crippen molar-refractivity contribution in [3.05, 3.63) is 0 Å². The van der Waals surface area contributed by atoms with Crippen LogP contribution in [-0.4, -0.2) is 62.0 Å². The average molecular weight is 453 g/mol. The largest absolute Gasteiger partial charge is 0.381 e. The monoisotopic (exact) mass is 453 g/mol. The van der Waals surface area contributed by atoms with E-state index in [-0.39, 0.29) is 35.0 Å². The minimum Gasteiger partial charge on any atom is -0.381 e. The summed E-state index contributed by atoms with van der Waals surface area (Å²) in [5, 5.41) is 3.45. The summed E-state index contributed by atoms with van der Waals surface area (Å²) in [6.07, 6.45) is 3.62. The van der Waals surface area contributed by atoms with Crippen LogP contribution in [0.4, 0.5) is 0 Å². The number of nitrogens with zero attached hydrogens (tertiary/aromatic N) is 2. The summed E-state index contributed by atoms with van der Waals surface area (Å²) in [5.41, 5.74) is 0.150. The molecule has 0 saturated carbocycles. The van der Waals surface area contributed by atoms with E-state index in [1.54, 1.807) is 0 Å². The number of rotatable bonds is 4. The Hall–Kier alpha value is -0.0800. The second kappa shape index (κ2) is 9.57. The normalized spacial score (nSPS) is 26.4. The first kappa shape index (κ1) is 22.0. The number of guanidine groups is 1. The van der Waals surface area contributed by atoms with E-state index in [1.807, 2.05) is 0 Å². The standard InChI is InChI=1S/C18H35N3O2.HI/c1-6-19-16(20-13-18(5)9-12-22-14-18)21-10-7-15(8-11-21)23-17(2,3)4;/h15H,6-14H2,1-5H3,(H,19,20);1H. The van der Waals surface area contributed by atoms with Gasteiger partial charge in [-0.2, -0.15) is 0 Å². The Morgan fingerprint density at radius 3 is 2.50 bits per heavy atom. The highest BCUT2D eigenvalue weighted by Crippen LogP contribution is 2.28. The van der Waals surface area contributed by atoms with E-state index in [2.05, 4.69) is 44.8 Å². The molecule has 2 aliphatic rings. The van der Waals surface area contributed by atoms with Crippen LogP contribution in [0.2, 0.25) is 0 Å². The van der Waals surface area contributed by atoms with E-state index in [0.717, 1.165) is 64.6 Å². The van der Waals surface area contributed by atoms with E-state index in [9.17, 15) is 0 Å². The van der Waals surface area contributed by atoms with Gasteiger partial charge >= 0.3 is 0 Å². The van der Waals surface area contributed by atoms with Gasteiger partial charge in [-0.3, -0.25) is 4.99 Å². The fraction of sp³-hybridized carbons (Fsp3) is 0.944.